The molecule has 26 heavy (non-hydrogen) atoms. The molecule has 1 N–H and O–H groups in total. The second-order valence-corrected chi connectivity index (χ2v) is 7.87. The molecular weight excluding hydrogens is 368 g/mol. The number of rotatable bonds is 6. The summed E-state index contributed by atoms with van der Waals surface area (Å²) in [7, 11) is 0. The molecular formula is C20H21ClN2O2S. The topological polar surface area (TPSA) is 49.4 Å². The Bertz CT molecular complexity index is 777. The maximum atomic E-state index is 12.6. The molecule has 1 atom stereocenters. The van der Waals surface area contributed by atoms with Gasteiger partial charge in [0, 0.05) is 34.3 Å². The summed E-state index contributed by atoms with van der Waals surface area (Å²) in [6.45, 7) is 2.76. The van der Waals surface area contributed by atoms with Gasteiger partial charge in [-0.2, -0.15) is 0 Å². The molecule has 4 nitrogen and oxygen atoms in total. The van der Waals surface area contributed by atoms with Crippen LogP contribution in [-0.4, -0.2) is 23.6 Å². The minimum absolute atomic E-state index is 0.0301. The number of nitrogens with zero attached hydrogens (tertiary/aromatic N) is 1. The van der Waals surface area contributed by atoms with E-state index < -0.39 is 0 Å². The fourth-order valence-electron chi connectivity index (χ4n) is 2.87. The first-order valence-electron chi connectivity index (χ1n) is 8.70. The first-order chi connectivity index (χ1) is 12.6. The van der Waals surface area contributed by atoms with Crippen molar-refractivity contribution >= 4 is 46.6 Å². The lowest BCUT2D eigenvalue weighted by Crippen LogP contribution is -2.25. The van der Waals surface area contributed by atoms with Gasteiger partial charge in [-0.25, -0.2) is 0 Å². The molecule has 1 heterocycles. The largest absolute Gasteiger partial charge is 0.325 e. The van der Waals surface area contributed by atoms with E-state index in [0.29, 0.717) is 11.4 Å². The van der Waals surface area contributed by atoms with Gasteiger partial charge in [0.2, 0.25) is 11.8 Å². The molecule has 0 unspecified atom stereocenters. The maximum absolute atomic E-state index is 12.6. The van der Waals surface area contributed by atoms with Gasteiger partial charge in [-0.1, -0.05) is 18.5 Å². The first-order valence-corrected chi connectivity index (χ1v) is 9.96. The van der Waals surface area contributed by atoms with E-state index in [4.69, 9.17) is 11.6 Å². The van der Waals surface area contributed by atoms with Crippen molar-refractivity contribution < 1.29 is 9.59 Å². The van der Waals surface area contributed by atoms with Crippen LogP contribution in [0, 0.1) is 0 Å². The molecule has 136 valence electrons. The van der Waals surface area contributed by atoms with Gasteiger partial charge in [0.05, 0.1) is 5.25 Å². The second-order valence-electron chi connectivity index (χ2n) is 6.15. The van der Waals surface area contributed by atoms with Gasteiger partial charge in [0.25, 0.3) is 0 Å². The quantitative estimate of drug-likeness (QED) is 0.710. The summed E-state index contributed by atoms with van der Waals surface area (Å²) in [6, 6.07) is 14.9. The van der Waals surface area contributed by atoms with Crippen molar-refractivity contribution in [2.75, 3.05) is 16.8 Å². The van der Waals surface area contributed by atoms with E-state index in [2.05, 4.69) is 5.32 Å². The van der Waals surface area contributed by atoms with Crippen LogP contribution in [0.2, 0.25) is 5.02 Å². The van der Waals surface area contributed by atoms with Crippen LogP contribution in [0.25, 0.3) is 0 Å². The van der Waals surface area contributed by atoms with E-state index in [-0.39, 0.29) is 17.1 Å². The predicted octanol–water partition coefficient (Wildman–Crippen LogP) is 4.98. The highest BCUT2D eigenvalue weighted by Gasteiger charge is 2.22. The summed E-state index contributed by atoms with van der Waals surface area (Å²) in [5, 5.41) is 3.46. The van der Waals surface area contributed by atoms with Crippen molar-refractivity contribution in [3.63, 3.8) is 0 Å². The van der Waals surface area contributed by atoms with Crippen LogP contribution < -0.4 is 10.2 Å². The lowest BCUT2D eigenvalue weighted by molar-refractivity contribution is -0.117. The Kier molecular flexibility index (Phi) is 6.22. The smallest absolute Gasteiger partial charge is 0.237 e. The molecule has 1 saturated heterocycles. The molecule has 0 bridgehead atoms. The van der Waals surface area contributed by atoms with Gasteiger partial charge >= 0.3 is 0 Å². The molecule has 0 aromatic heterocycles. The lowest BCUT2D eigenvalue weighted by atomic mass is 10.2. The number of hydrogen-bond donors (Lipinski definition) is 1. The molecule has 0 radical (unpaired) electrons. The normalized spacial score (nSPS) is 15.2. The van der Waals surface area contributed by atoms with Gasteiger partial charge in [0.15, 0.2) is 0 Å². The summed E-state index contributed by atoms with van der Waals surface area (Å²) >= 11 is 7.43. The van der Waals surface area contributed by atoms with E-state index in [1.165, 1.54) is 11.8 Å². The van der Waals surface area contributed by atoms with Crippen LogP contribution >= 0.6 is 23.4 Å². The van der Waals surface area contributed by atoms with Crippen LogP contribution in [0.5, 0.6) is 0 Å². The fourth-order valence-corrected chi connectivity index (χ4v) is 3.95. The number of halogens is 1. The fraction of sp³-hybridized carbons (Fsp3) is 0.300. The number of anilines is 2. The molecule has 2 aromatic rings. The molecule has 1 aliphatic heterocycles. The molecule has 6 heteroatoms. The van der Waals surface area contributed by atoms with Crippen molar-refractivity contribution in [3.8, 4) is 0 Å². The average Bonchev–Trinajstić information content (AvgIpc) is 3.07. The Balaban J connectivity index is 1.62. The van der Waals surface area contributed by atoms with E-state index >= 15 is 0 Å². The molecule has 2 aromatic carbocycles. The standard InChI is InChI=1S/C20H21ClN2O2S/c1-2-18(26-17-11-5-14(21)6-12-17)20(25)22-15-7-9-16(10-8-15)23-13-3-4-19(23)24/h5-12,18H,2-4,13H2,1H3,(H,22,25)/t18-/m1/s1. The van der Waals surface area contributed by atoms with Crippen molar-refractivity contribution in [3.05, 3.63) is 53.6 Å². The SMILES string of the molecule is CC[C@@H](Sc1ccc(Cl)cc1)C(=O)Nc1ccc(N2CCCC2=O)cc1. The highest BCUT2D eigenvalue weighted by Crippen LogP contribution is 2.28. The summed E-state index contributed by atoms with van der Waals surface area (Å²) in [6.07, 6.45) is 2.23. The van der Waals surface area contributed by atoms with Gasteiger partial charge in [0.1, 0.15) is 0 Å². The minimum Gasteiger partial charge on any atom is -0.325 e. The van der Waals surface area contributed by atoms with Crippen LogP contribution in [0.1, 0.15) is 26.2 Å². The number of carbonyl (C=O) groups is 2. The third-order valence-corrected chi connectivity index (χ3v) is 5.90. The number of carbonyl (C=O) groups excluding carboxylic acids is 2. The van der Waals surface area contributed by atoms with Crippen LogP contribution in [-0.2, 0) is 9.59 Å². The van der Waals surface area contributed by atoms with E-state index in [1.807, 2.05) is 55.5 Å². The summed E-state index contributed by atoms with van der Waals surface area (Å²) in [5.41, 5.74) is 1.62. The van der Waals surface area contributed by atoms with E-state index in [9.17, 15) is 9.59 Å². The molecule has 0 spiro atoms. The number of thioether (sulfide) groups is 1. The Morgan fingerprint density at radius 1 is 1.19 bits per heavy atom. The summed E-state index contributed by atoms with van der Waals surface area (Å²) in [4.78, 5) is 27.2. The summed E-state index contributed by atoms with van der Waals surface area (Å²) in [5.74, 6) is 0.129. The van der Waals surface area contributed by atoms with Gasteiger partial charge in [-0.05, 0) is 61.4 Å². The van der Waals surface area contributed by atoms with Gasteiger partial charge < -0.3 is 10.2 Å². The second kappa shape index (κ2) is 8.60. The van der Waals surface area contributed by atoms with Crippen molar-refractivity contribution in [1.29, 1.82) is 0 Å². The maximum Gasteiger partial charge on any atom is 0.237 e. The van der Waals surface area contributed by atoms with E-state index in [0.717, 1.165) is 35.7 Å². The Labute approximate surface area is 162 Å². The van der Waals surface area contributed by atoms with E-state index in [1.54, 1.807) is 4.90 Å². The lowest BCUT2D eigenvalue weighted by Gasteiger charge is -2.17. The zero-order chi connectivity index (χ0) is 18.5. The monoisotopic (exact) mass is 388 g/mol. The number of amides is 2. The van der Waals surface area contributed by atoms with Crippen LogP contribution in [0.15, 0.2) is 53.4 Å². The Morgan fingerprint density at radius 2 is 1.88 bits per heavy atom. The zero-order valence-corrected chi connectivity index (χ0v) is 16.1. The molecule has 1 fully saturated rings. The molecule has 3 rings (SSSR count). The summed E-state index contributed by atoms with van der Waals surface area (Å²) < 4.78 is 0. The molecule has 2 amide bonds. The molecule has 0 aliphatic carbocycles. The van der Waals surface area contributed by atoms with Crippen LogP contribution in [0.3, 0.4) is 0 Å². The van der Waals surface area contributed by atoms with Gasteiger partial charge in [-0.3, -0.25) is 9.59 Å². The zero-order valence-electron chi connectivity index (χ0n) is 14.6. The highest BCUT2D eigenvalue weighted by atomic mass is 35.5. The van der Waals surface area contributed by atoms with Crippen molar-refractivity contribution in [2.24, 2.45) is 0 Å². The number of hydrogen-bond acceptors (Lipinski definition) is 3. The Morgan fingerprint density at radius 3 is 2.46 bits per heavy atom. The van der Waals surface area contributed by atoms with Crippen molar-refractivity contribution in [1.82, 2.24) is 0 Å². The molecule has 0 saturated carbocycles. The van der Waals surface area contributed by atoms with Crippen LogP contribution in [0.4, 0.5) is 11.4 Å². The van der Waals surface area contributed by atoms with Crippen molar-refractivity contribution in [2.45, 2.75) is 36.3 Å². The number of benzene rings is 2. The van der Waals surface area contributed by atoms with Gasteiger partial charge in [-0.15, -0.1) is 11.8 Å². The minimum atomic E-state index is -0.184. The number of nitrogens with one attached hydrogen (secondary N) is 1. The average molecular weight is 389 g/mol. The first kappa shape index (κ1) is 18.8. The highest BCUT2D eigenvalue weighted by molar-refractivity contribution is 8.00. The third kappa shape index (κ3) is 4.59. The predicted molar refractivity (Wildman–Crippen MR) is 108 cm³/mol. The Hall–Kier alpha value is -1.98. The molecule has 1 aliphatic rings. The third-order valence-electron chi connectivity index (χ3n) is 4.28.